The molecule has 0 amide bonds. The molecule has 4 aromatic carbocycles. The third kappa shape index (κ3) is 4.83. The highest BCUT2D eigenvalue weighted by Gasteiger charge is 2.71. The molecule has 3 fully saturated rings. The van der Waals surface area contributed by atoms with Crippen LogP contribution in [0.25, 0.3) is 0 Å². The Hall–Kier alpha value is -1.46. The van der Waals surface area contributed by atoms with Gasteiger partial charge >= 0.3 is 0 Å². The van der Waals surface area contributed by atoms with Crippen molar-refractivity contribution in [3.8, 4) is 0 Å². The van der Waals surface area contributed by atoms with E-state index in [1.807, 2.05) is 24.3 Å². The van der Waals surface area contributed by atoms with Gasteiger partial charge in [0.1, 0.15) is 11.6 Å². The van der Waals surface area contributed by atoms with Crippen molar-refractivity contribution in [1.82, 2.24) is 0 Å². The normalized spacial score (nSPS) is 29.0. The van der Waals surface area contributed by atoms with E-state index in [9.17, 15) is 9.59 Å². The summed E-state index contributed by atoms with van der Waals surface area (Å²) in [6.45, 7) is 0. The highest BCUT2D eigenvalue weighted by atomic mass is 35.5. The van der Waals surface area contributed by atoms with Crippen molar-refractivity contribution in [2.24, 2.45) is 23.7 Å². The van der Waals surface area contributed by atoms with Gasteiger partial charge in [-0.25, -0.2) is 0 Å². The predicted octanol–water partition coefficient (Wildman–Crippen LogP) is 12.0. The minimum Gasteiger partial charge on any atom is -0.299 e. The molecule has 0 spiro atoms. The first-order valence-corrected chi connectivity index (χ1v) is 16.9. The number of halogens is 8. The van der Waals surface area contributed by atoms with Gasteiger partial charge in [0.15, 0.2) is 0 Å². The highest BCUT2D eigenvalue weighted by molar-refractivity contribution is 6.37. The zero-order valence-corrected chi connectivity index (χ0v) is 28.4. The van der Waals surface area contributed by atoms with Crippen LogP contribution >= 0.6 is 92.8 Å². The summed E-state index contributed by atoms with van der Waals surface area (Å²) in [5.74, 6) is -4.09. The first kappa shape index (κ1) is 31.2. The molecule has 8 atom stereocenters. The lowest BCUT2D eigenvalue weighted by Crippen LogP contribution is -2.66. The number of benzene rings is 4. The van der Waals surface area contributed by atoms with Gasteiger partial charge in [0.2, 0.25) is 0 Å². The summed E-state index contributed by atoms with van der Waals surface area (Å²) in [5, 5.41) is 3.60. The van der Waals surface area contributed by atoms with Gasteiger partial charge in [0, 0.05) is 87.5 Å². The van der Waals surface area contributed by atoms with Gasteiger partial charge in [-0.2, -0.15) is 0 Å². The summed E-state index contributed by atoms with van der Waals surface area (Å²) in [4.78, 5) is 29.5. The van der Waals surface area contributed by atoms with Gasteiger partial charge in [-0.3, -0.25) is 9.59 Å². The number of rotatable bonds is 4. The van der Waals surface area contributed by atoms with Gasteiger partial charge in [0.05, 0.1) is 0 Å². The van der Waals surface area contributed by atoms with E-state index >= 15 is 0 Å². The number of hydrogen-bond acceptors (Lipinski definition) is 2. The van der Waals surface area contributed by atoms with E-state index in [1.165, 1.54) is 0 Å². The molecule has 8 unspecified atom stereocenters. The molecule has 3 aliphatic rings. The second kappa shape index (κ2) is 11.7. The van der Waals surface area contributed by atoms with Crippen LogP contribution in [0.15, 0.2) is 72.8 Å². The number of Topliss-reactive ketones (excluding diaryl/α,β-unsaturated/α-hetero) is 2. The fraction of sp³-hybridized carbons (Fsp3) is 0.235. The SMILES string of the molecule is O=C1C2C(C(=O)C3C1C(c1ccc(Cl)cc1Cl)C3c1ccc(Cl)cc1Cl)C(c1ccc(Cl)cc1Cl)C2c1ccc(Cl)cc1Cl. The Labute approximate surface area is 294 Å². The van der Waals surface area contributed by atoms with Gasteiger partial charge in [-0.05, 0) is 70.8 Å². The third-order valence-corrected chi connectivity index (χ3v) is 11.9. The lowest BCUT2D eigenvalue weighted by Gasteiger charge is -2.63. The number of fused-ring (bicyclic) bond motifs is 2. The molecule has 0 aliphatic heterocycles. The maximum absolute atomic E-state index is 14.8. The highest BCUT2D eigenvalue weighted by Crippen LogP contribution is 2.71. The van der Waals surface area contributed by atoms with E-state index in [-0.39, 0.29) is 11.6 Å². The summed E-state index contributed by atoms with van der Waals surface area (Å²) in [6.07, 6.45) is 0. The zero-order chi connectivity index (χ0) is 31.2. The first-order chi connectivity index (χ1) is 21.0. The number of carbonyl (C=O) groups is 2. The fourth-order valence-electron chi connectivity index (χ4n) is 7.99. The Morgan fingerprint density at radius 3 is 0.705 bits per heavy atom. The predicted molar refractivity (Wildman–Crippen MR) is 181 cm³/mol. The van der Waals surface area contributed by atoms with E-state index in [4.69, 9.17) is 92.8 Å². The topological polar surface area (TPSA) is 34.1 Å². The standard InChI is InChI=1S/C34H20Cl8O2/c35-13-1-5-17(21(39)9-13)25-26(18-6-2-14(36)10-22(18)40)30-29(25)33(43)31-27(19-7-3-15(37)11-23(19)41)28(32(31)34(30)44)20-8-4-16(38)12-24(20)42/h1-12,25-32H. The molecular formula is C34H20Cl8O2. The molecular weight excluding hydrogens is 724 g/mol. The molecule has 2 nitrogen and oxygen atoms in total. The van der Waals surface area contributed by atoms with Gasteiger partial charge in [-0.15, -0.1) is 0 Å². The van der Waals surface area contributed by atoms with Crippen LogP contribution in [0.5, 0.6) is 0 Å². The average Bonchev–Trinajstić information content (AvgIpc) is 2.92. The van der Waals surface area contributed by atoms with E-state index in [2.05, 4.69) is 0 Å². The van der Waals surface area contributed by atoms with Crippen LogP contribution in [0.1, 0.15) is 45.9 Å². The Morgan fingerprint density at radius 1 is 0.318 bits per heavy atom. The molecule has 0 bridgehead atoms. The number of ketones is 2. The molecule has 0 N–H and O–H groups in total. The van der Waals surface area contributed by atoms with Crippen molar-refractivity contribution in [2.45, 2.75) is 23.7 Å². The van der Waals surface area contributed by atoms with Gasteiger partial charge in [0.25, 0.3) is 0 Å². The van der Waals surface area contributed by atoms with E-state index in [0.29, 0.717) is 40.2 Å². The summed E-state index contributed by atoms with van der Waals surface area (Å²) in [5.41, 5.74) is 2.97. The largest absolute Gasteiger partial charge is 0.299 e. The fourth-order valence-corrected chi connectivity index (χ4v) is 10.1. The summed E-state index contributed by atoms with van der Waals surface area (Å²) in [6, 6.07) is 20.9. The Morgan fingerprint density at radius 2 is 0.523 bits per heavy atom. The quantitative estimate of drug-likeness (QED) is 0.209. The molecule has 0 saturated heterocycles. The maximum atomic E-state index is 14.8. The summed E-state index contributed by atoms with van der Waals surface area (Å²) >= 11 is 52.0. The Balaban J connectivity index is 1.39. The lowest BCUT2D eigenvalue weighted by atomic mass is 9.37. The van der Waals surface area contributed by atoms with Crippen molar-refractivity contribution < 1.29 is 9.59 Å². The van der Waals surface area contributed by atoms with Crippen LogP contribution in [-0.2, 0) is 9.59 Å². The lowest BCUT2D eigenvalue weighted by molar-refractivity contribution is -0.168. The van der Waals surface area contributed by atoms with Crippen molar-refractivity contribution in [1.29, 1.82) is 0 Å². The summed E-state index contributed by atoms with van der Waals surface area (Å²) in [7, 11) is 0. The molecule has 7 rings (SSSR count). The van der Waals surface area contributed by atoms with Gasteiger partial charge in [-0.1, -0.05) is 117 Å². The van der Waals surface area contributed by atoms with E-state index < -0.39 is 47.3 Å². The molecule has 3 saturated carbocycles. The number of carbonyl (C=O) groups excluding carboxylic acids is 2. The minimum atomic E-state index is -0.616. The minimum absolute atomic E-state index is 0.00527. The monoisotopic (exact) mass is 740 g/mol. The molecule has 10 heteroatoms. The molecule has 44 heavy (non-hydrogen) atoms. The molecule has 3 aliphatic carbocycles. The third-order valence-electron chi connectivity index (χ3n) is 9.70. The molecule has 0 aromatic heterocycles. The van der Waals surface area contributed by atoms with Crippen molar-refractivity contribution in [3.63, 3.8) is 0 Å². The van der Waals surface area contributed by atoms with Crippen LogP contribution in [-0.4, -0.2) is 11.6 Å². The first-order valence-electron chi connectivity index (χ1n) is 13.8. The Kier molecular flexibility index (Phi) is 8.25. The average molecular weight is 744 g/mol. The van der Waals surface area contributed by atoms with Crippen LogP contribution in [0.4, 0.5) is 0 Å². The molecule has 0 radical (unpaired) electrons. The number of hydrogen-bond donors (Lipinski definition) is 0. The van der Waals surface area contributed by atoms with Crippen LogP contribution in [0, 0.1) is 23.7 Å². The van der Waals surface area contributed by atoms with Crippen LogP contribution < -0.4 is 0 Å². The van der Waals surface area contributed by atoms with Crippen LogP contribution in [0.3, 0.4) is 0 Å². The van der Waals surface area contributed by atoms with Crippen molar-refractivity contribution in [2.75, 3.05) is 0 Å². The second-order valence-corrected chi connectivity index (χ2v) is 15.0. The smallest absolute Gasteiger partial charge is 0.141 e. The Bertz CT molecular complexity index is 1610. The van der Waals surface area contributed by atoms with Crippen LogP contribution in [0.2, 0.25) is 40.2 Å². The van der Waals surface area contributed by atoms with E-state index in [0.717, 1.165) is 22.3 Å². The van der Waals surface area contributed by atoms with E-state index in [1.54, 1.807) is 48.5 Å². The molecule has 4 aromatic rings. The van der Waals surface area contributed by atoms with Crippen molar-refractivity contribution >= 4 is 104 Å². The summed E-state index contributed by atoms with van der Waals surface area (Å²) < 4.78 is 0. The zero-order valence-electron chi connectivity index (χ0n) is 22.4. The van der Waals surface area contributed by atoms with Crippen molar-refractivity contribution in [3.05, 3.63) is 135 Å². The molecule has 224 valence electrons. The molecule has 0 heterocycles. The van der Waals surface area contributed by atoms with Gasteiger partial charge < -0.3 is 0 Å². The maximum Gasteiger partial charge on any atom is 0.141 e. The second-order valence-electron chi connectivity index (χ2n) is 11.7.